The molecule has 0 bridgehead atoms. The standard InChI is InChI=1S/C18H16N2O3/c1-20(2)13-9-7-12(8-10-13)19-18(22)15-11-23-16-6-4-3-5-14(16)17(15)21/h3-11H,1-2H3,(H,19,22). The SMILES string of the molecule is CN(C)c1ccc(NC(=O)c2coc3ccccc3c2=O)cc1. The van der Waals surface area contributed by atoms with Gasteiger partial charge >= 0.3 is 0 Å². The number of carbonyl (C=O) groups excluding carboxylic acids is 1. The van der Waals surface area contributed by atoms with Gasteiger partial charge in [-0.05, 0) is 36.4 Å². The second kappa shape index (κ2) is 5.96. The van der Waals surface area contributed by atoms with Crippen LogP contribution < -0.4 is 15.6 Å². The first-order chi connectivity index (χ1) is 11.1. The Labute approximate surface area is 133 Å². The molecule has 3 aromatic rings. The molecule has 116 valence electrons. The second-order valence-electron chi connectivity index (χ2n) is 5.37. The molecule has 0 fully saturated rings. The number of amides is 1. The van der Waals surface area contributed by atoms with Gasteiger partial charge in [-0.25, -0.2) is 0 Å². The van der Waals surface area contributed by atoms with Crippen molar-refractivity contribution in [3.63, 3.8) is 0 Å². The lowest BCUT2D eigenvalue weighted by atomic mass is 10.1. The number of hydrogen-bond acceptors (Lipinski definition) is 4. The normalized spacial score (nSPS) is 10.5. The summed E-state index contributed by atoms with van der Waals surface area (Å²) in [6.45, 7) is 0. The fraction of sp³-hybridized carbons (Fsp3) is 0.111. The number of nitrogens with one attached hydrogen (secondary N) is 1. The van der Waals surface area contributed by atoms with Crippen LogP contribution in [0, 0.1) is 0 Å². The predicted molar refractivity (Wildman–Crippen MR) is 91.2 cm³/mol. The topological polar surface area (TPSA) is 62.6 Å². The number of para-hydroxylation sites is 1. The molecule has 23 heavy (non-hydrogen) atoms. The van der Waals surface area contributed by atoms with Crippen molar-refractivity contribution in [2.75, 3.05) is 24.3 Å². The third-order valence-corrected chi connectivity index (χ3v) is 3.57. The Morgan fingerprint density at radius 2 is 1.74 bits per heavy atom. The van der Waals surface area contributed by atoms with Crippen LogP contribution >= 0.6 is 0 Å². The van der Waals surface area contributed by atoms with E-state index in [1.807, 2.05) is 31.1 Å². The van der Waals surface area contributed by atoms with Gasteiger partial charge in [-0.3, -0.25) is 9.59 Å². The van der Waals surface area contributed by atoms with Crippen LogP contribution in [0.25, 0.3) is 11.0 Å². The Bertz CT molecular complexity index is 911. The Balaban J connectivity index is 1.89. The van der Waals surface area contributed by atoms with Gasteiger partial charge in [0.15, 0.2) is 0 Å². The van der Waals surface area contributed by atoms with E-state index in [1.54, 1.807) is 36.4 Å². The minimum atomic E-state index is -0.484. The van der Waals surface area contributed by atoms with Gasteiger partial charge < -0.3 is 14.6 Å². The van der Waals surface area contributed by atoms with Crippen LogP contribution in [-0.4, -0.2) is 20.0 Å². The first-order valence-electron chi connectivity index (χ1n) is 7.15. The molecule has 0 aliphatic rings. The van der Waals surface area contributed by atoms with Gasteiger partial charge in [-0.1, -0.05) is 12.1 Å². The summed E-state index contributed by atoms with van der Waals surface area (Å²) in [5.41, 5.74) is 1.75. The van der Waals surface area contributed by atoms with Crippen LogP contribution in [0.4, 0.5) is 11.4 Å². The largest absolute Gasteiger partial charge is 0.463 e. The summed E-state index contributed by atoms with van der Waals surface area (Å²) in [6, 6.07) is 14.2. The fourth-order valence-corrected chi connectivity index (χ4v) is 2.28. The molecule has 1 N–H and O–H groups in total. The average Bonchev–Trinajstić information content (AvgIpc) is 2.56. The van der Waals surface area contributed by atoms with E-state index in [9.17, 15) is 9.59 Å². The van der Waals surface area contributed by atoms with Crippen LogP contribution in [0.3, 0.4) is 0 Å². The van der Waals surface area contributed by atoms with Gasteiger partial charge in [-0.15, -0.1) is 0 Å². The van der Waals surface area contributed by atoms with E-state index >= 15 is 0 Å². The van der Waals surface area contributed by atoms with E-state index in [-0.39, 0.29) is 11.0 Å². The molecule has 0 aliphatic carbocycles. The summed E-state index contributed by atoms with van der Waals surface area (Å²) in [6.07, 6.45) is 1.20. The summed E-state index contributed by atoms with van der Waals surface area (Å²) in [5, 5.41) is 3.10. The van der Waals surface area contributed by atoms with Gasteiger partial charge in [0.2, 0.25) is 5.43 Å². The fourth-order valence-electron chi connectivity index (χ4n) is 2.28. The van der Waals surface area contributed by atoms with E-state index in [2.05, 4.69) is 5.32 Å². The first-order valence-corrected chi connectivity index (χ1v) is 7.15. The lowest BCUT2D eigenvalue weighted by Crippen LogP contribution is -2.21. The molecule has 1 heterocycles. The molecule has 5 heteroatoms. The molecular weight excluding hydrogens is 292 g/mol. The molecule has 0 saturated heterocycles. The zero-order valence-corrected chi connectivity index (χ0v) is 12.9. The zero-order valence-electron chi connectivity index (χ0n) is 12.9. The molecule has 1 aromatic heterocycles. The van der Waals surface area contributed by atoms with Crippen molar-refractivity contribution in [1.82, 2.24) is 0 Å². The molecule has 0 aliphatic heterocycles. The Kier molecular flexibility index (Phi) is 3.85. The number of hydrogen-bond donors (Lipinski definition) is 1. The van der Waals surface area contributed by atoms with Crippen molar-refractivity contribution in [2.45, 2.75) is 0 Å². The highest BCUT2D eigenvalue weighted by atomic mass is 16.3. The molecule has 5 nitrogen and oxygen atoms in total. The summed E-state index contributed by atoms with van der Waals surface area (Å²) in [4.78, 5) is 26.7. The maximum absolute atomic E-state index is 12.4. The summed E-state index contributed by atoms with van der Waals surface area (Å²) >= 11 is 0. The number of carbonyl (C=O) groups is 1. The molecular formula is C18H16N2O3. The lowest BCUT2D eigenvalue weighted by molar-refractivity contribution is 0.102. The molecule has 0 spiro atoms. The molecule has 0 saturated carbocycles. The van der Waals surface area contributed by atoms with Crippen molar-refractivity contribution in [1.29, 1.82) is 0 Å². The maximum atomic E-state index is 12.4. The molecule has 3 rings (SSSR count). The number of anilines is 2. The number of benzene rings is 2. The molecule has 2 aromatic carbocycles. The zero-order chi connectivity index (χ0) is 16.4. The lowest BCUT2D eigenvalue weighted by Gasteiger charge is -2.13. The molecule has 1 amide bonds. The Morgan fingerprint density at radius 1 is 1.04 bits per heavy atom. The van der Waals surface area contributed by atoms with Crippen molar-refractivity contribution in [2.24, 2.45) is 0 Å². The smallest absolute Gasteiger partial charge is 0.262 e. The van der Waals surface area contributed by atoms with Gasteiger partial charge in [0.1, 0.15) is 17.4 Å². The van der Waals surface area contributed by atoms with Crippen LogP contribution in [0.15, 0.2) is 64.0 Å². The third kappa shape index (κ3) is 2.94. The van der Waals surface area contributed by atoms with Crippen molar-refractivity contribution < 1.29 is 9.21 Å². The minimum Gasteiger partial charge on any atom is -0.463 e. The van der Waals surface area contributed by atoms with Gasteiger partial charge in [-0.2, -0.15) is 0 Å². The highest BCUT2D eigenvalue weighted by molar-refractivity contribution is 6.05. The van der Waals surface area contributed by atoms with Crippen LogP contribution in [0.2, 0.25) is 0 Å². The summed E-state index contributed by atoms with van der Waals surface area (Å²) in [7, 11) is 3.88. The van der Waals surface area contributed by atoms with Crippen molar-refractivity contribution in [3.05, 3.63) is 70.6 Å². The Hall–Kier alpha value is -3.08. The maximum Gasteiger partial charge on any atom is 0.262 e. The third-order valence-electron chi connectivity index (χ3n) is 3.57. The van der Waals surface area contributed by atoms with Crippen LogP contribution in [0.1, 0.15) is 10.4 Å². The van der Waals surface area contributed by atoms with Gasteiger partial charge in [0.05, 0.1) is 5.39 Å². The van der Waals surface area contributed by atoms with E-state index in [1.165, 1.54) is 6.26 Å². The first kappa shape index (κ1) is 14.8. The minimum absolute atomic E-state index is 0.0135. The number of rotatable bonds is 3. The Morgan fingerprint density at radius 3 is 2.43 bits per heavy atom. The monoisotopic (exact) mass is 308 g/mol. The number of fused-ring (bicyclic) bond motifs is 1. The molecule has 0 atom stereocenters. The van der Waals surface area contributed by atoms with E-state index in [0.717, 1.165) is 5.69 Å². The van der Waals surface area contributed by atoms with Crippen molar-refractivity contribution >= 4 is 28.3 Å². The van der Waals surface area contributed by atoms with E-state index < -0.39 is 5.91 Å². The predicted octanol–water partition coefficient (Wildman–Crippen LogP) is 3.11. The average molecular weight is 308 g/mol. The van der Waals surface area contributed by atoms with E-state index in [0.29, 0.717) is 16.7 Å². The van der Waals surface area contributed by atoms with Crippen LogP contribution in [0.5, 0.6) is 0 Å². The van der Waals surface area contributed by atoms with Crippen LogP contribution in [-0.2, 0) is 0 Å². The second-order valence-corrected chi connectivity index (χ2v) is 5.37. The highest BCUT2D eigenvalue weighted by Gasteiger charge is 2.14. The highest BCUT2D eigenvalue weighted by Crippen LogP contribution is 2.17. The van der Waals surface area contributed by atoms with Gasteiger partial charge in [0, 0.05) is 25.5 Å². The quantitative estimate of drug-likeness (QED) is 0.807. The van der Waals surface area contributed by atoms with Crippen molar-refractivity contribution in [3.8, 4) is 0 Å². The summed E-state index contributed by atoms with van der Waals surface area (Å²) < 4.78 is 5.37. The summed E-state index contributed by atoms with van der Waals surface area (Å²) in [5.74, 6) is -0.484. The molecule has 0 radical (unpaired) electrons. The van der Waals surface area contributed by atoms with E-state index in [4.69, 9.17) is 4.42 Å². The number of nitrogens with zero attached hydrogens (tertiary/aromatic N) is 1. The van der Waals surface area contributed by atoms with Gasteiger partial charge in [0.25, 0.3) is 5.91 Å². The molecule has 0 unspecified atom stereocenters.